The lowest BCUT2D eigenvalue weighted by atomic mass is 10.0. The van der Waals surface area contributed by atoms with Gasteiger partial charge in [-0.1, -0.05) is 140 Å². The fourth-order valence-electron chi connectivity index (χ4n) is 8.93. The number of hydrogen-bond acceptors (Lipinski definition) is 3. The zero-order chi connectivity index (χ0) is 38.2. The lowest BCUT2D eigenvalue weighted by Crippen LogP contribution is -2.10. The molecular formula is C54H34N2OS. The molecule has 0 unspecified atom stereocenters. The third-order valence-electron chi connectivity index (χ3n) is 11.6. The molecule has 58 heavy (non-hydrogen) atoms. The molecule has 9 aromatic carbocycles. The number of thiophene rings is 1. The van der Waals surface area contributed by atoms with E-state index in [1.165, 1.54) is 47.5 Å². The minimum atomic E-state index is 0.907. The number of fused-ring (bicyclic) bond motifs is 9. The van der Waals surface area contributed by atoms with Crippen molar-refractivity contribution in [2.75, 3.05) is 4.90 Å². The SMILES string of the molecule is c1ccc(-n2c3ccccc3c3ccc(-c4cccc(N(c5ccc(-c6cccc7c6oc6ccccc67)cc5)c5cccc6c5sc5ccccc56)c4)cc32)cc1. The summed E-state index contributed by atoms with van der Waals surface area (Å²) in [7, 11) is 0. The van der Waals surface area contributed by atoms with Gasteiger partial charge < -0.3 is 13.9 Å². The summed E-state index contributed by atoms with van der Waals surface area (Å²) >= 11 is 1.86. The Morgan fingerprint density at radius 3 is 1.98 bits per heavy atom. The zero-order valence-electron chi connectivity index (χ0n) is 31.3. The second-order valence-electron chi connectivity index (χ2n) is 14.9. The molecule has 0 aliphatic carbocycles. The van der Waals surface area contributed by atoms with Gasteiger partial charge in [0.15, 0.2) is 0 Å². The van der Waals surface area contributed by atoms with E-state index in [0.29, 0.717) is 0 Å². The van der Waals surface area contributed by atoms with Crippen LogP contribution in [0.1, 0.15) is 0 Å². The number of nitrogens with zero attached hydrogens (tertiary/aromatic N) is 2. The highest BCUT2D eigenvalue weighted by atomic mass is 32.1. The smallest absolute Gasteiger partial charge is 0.143 e. The number of hydrogen-bond donors (Lipinski definition) is 0. The largest absolute Gasteiger partial charge is 0.455 e. The van der Waals surface area contributed by atoms with Gasteiger partial charge in [-0.15, -0.1) is 11.3 Å². The molecule has 3 aromatic heterocycles. The van der Waals surface area contributed by atoms with Crippen LogP contribution in [0.25, 0.3) is 91.9 Å². The number of rotatable bonds is 6. The molecule has 12 rings (SSSR count). The molecule has 0 bridgehead atoms. The Balaban J connectivity index is 1.03. The first kappa shape index (κ1) is 32.8. The Morgan fingerprint density at radius 1 is 0.414 bits per heavy atom. The van der Waals surface area contributed by atoms with Gasteiger partial charge in [-0.25, -0.2) is 0 Å². The van der Waals surface area contributed by atoms with Crippen LogP contribution in [-0.4, -0.2) is 4.57 Å². The summed E-state index contributed by atoms with van der Waals surface area (Å²) in [6.45, 7) is 0. The standard InChI is InChI=1S/C54H34N2OS/c1-2-14-38(15-3-1)56-48-23-7-4-17-42(48)43-32-29-37(34-50(43)56)36-13-10-16-40(33-36)55(49-24-12-22-47-45-19-6-9-26-52(45)58-54(47)49)39-30-27-35(28-31-39)41-20-11-21-46-44-18-5-8-25-51(44)57-53(41)46/h1-34H. The molecule has 272 valence electrons. The van der Waals surface area contributed by atoms with E-state index in [1.807, 2.05) is 23.5 Å². The van der Waals surface area contributed by atoms with E-state index < -0.39 is 0 Å². The number of aromatic nitrogens is 1. The summed E-state index contributed by atoms with van der Waals surface area (Å²) in [4.78, 5) is 2.42. The molecular weight excluding hydrogens is 725 g/mol. The van der Waals surface area contributed by atoms with E-state index in [9.17, 15) is 0 Å². The maximum absolute atomic E-state index is 6.45. The topological polar surface area (TPSA) is 21.3 Å². The molecule has 0 fully saturated rings. The van der Waals surface area contributed by atoms with Crippen molar-refractivity contribution in [1.82, 2.24) is 4.57 Å². The highest BCUT2D eigenvalue weighted by molar-refractivity contribution is 7.26. The van der Waals surface area contributed by atoms with Crippen molar-refractivity contribution >= 4 is 92.3 Å². The molecule has 0 aliphatic rings. The number of para-hydroxylation sites is 4. The number of furan rings is 1. The third kappa shape index (κ3) is 5.12. The van der Waals surface area contributed by atoms with Crippen LogP contribution >= 0.6 is 11.3 Å². The quantitative estimate of drug-likeness (QED) is 0.168. The van der Waals surface area contributed by atoms with Gasteiger partial charge in [0, 0.05) is 59.6 Å². The maximum Gasteiger partial charge on any atom is 0.143 e. The molecule has 0 saturated heterocycles. The summed E-state index contributed by atoms with van der Waals surface area (Å²) in [5.74, 6) is 0. The molecule has 0 saturated carbocycles. The summed E-state index contributed by atoms with van der Waals surface area (Å²) in [5.41, 5.74) is 13.2. The van der Waals surface area contributed by atoms with E-state index >= 15 is 0 Å². The van der Waals surface area contributed by atoms with Gasteiger partial charge in [0.25, 0.3) is 0 Å². The Morgan fingerprint density at radius 2 is 1.09 bits per heavy atom. The average molecular weight is 759 g/mol. The van der Waals surface area contributed by atoms with Crippen molar-refractivity contribution in [1.29, 1.82) is 0 Å². The molecule has 0 atom stereocenters. The molecule has 0 aliphatic heterocycles. The summed E-state index contributed by atoms with van der Waals surface area (Å²) in [5, 5.41) is 7.33. The minimum absolute atomic E-state index is 0.907. The molecule has 0 amide bonds. The van der Waals surface area contributed by atoms with Crippen molar-refractivity contribution in [3.05, 3.63) is 206 Å². The van der Waals surface area contributed by atoms with Gasteiger partial charge in [0.1, 0.15) is 11.2 Å². The van der Waals surface area contributed by atoms with Crippen molar-refractivity contribution in [3.8, 4) is 27.9 Å². The molecule has 0 radical (unpaired) electrons. The van der Waals surface area contributed by atoms with E-state index in [4.69, 9.17) is 4.42 Å². The van der Waals surface area contributed by atoms with Crippen LogP contribution in [-0.2, 0) is 0 Å². The van der Waals surface area contributed by atoms with Gasteiger partial charge >= 0.3 is 0 Å². The Hall–Kier alpha value is -7.40. The fourth-order valence-corrected chi connectivity index (χ4v) is 10.1. The van der Waals surface area contributed by atoms with Crippen LogP contribution in [0.15, 0.2) is 211 Å². The van der Waals surface area contributed by atoms with Crippen molar-refractivity contribution in [3.63, 3.8) is 0 Å². The van der Waals surface area contributed by atoms with Crippen LogP contribution in [0, 0.1) is 0 Å². The second-order valence-corrected chi connectivity index (χ2v) is 15.9. The Labute approximate surface area is 338 Å². The minimum Gasteiger partial charge on any atom is -0.455 e. The van der Waals surface area contributed by atoms with Crippen LogP contribution in [0.3, 0.4) is 0 Å². The summed E-state index contributed by atoms with van der Waals surface area (Å²) in [6, 6.07) is 74.4. The highest BCUT2D eigenvalue weighted by Gasteiger charge is 2.20. The van der Waals surface area contributed by atoms with Gasteiger partial charge in [-0.3, -0.25) is 0 Å². The molecule has 0 N–H and O–H groups in total. The second kappa shape index (κ2) is 13.1. The molecule has 12 aromatic rings. The van der Waals surface area contributed by atoms with Gasteiger partial charge in [0.2, 0.25) is 0 Å². The number of anilines is 3. The lowest BCUT2D eigenvalue weighted by molar-refractivity contribution is 0.670. The third-order valence-corrected chi connectivity index (χ3v) is 12.8. The van der Waals surface area contributed by atoms with Crippen molar-refractivity contribution in [2.45, 2.75) is 0 Å². The first-order chi connectivity index (χ1) is 28.8. The van der Waals surface area contributed by atoms with Crippen molar-refractivity contribution in [2.24, 2.45) is 0 Å². The lowest BCUT2D eigenvalue weighted by Gasteiger charge is -2.27. The van der Waals surface area contributed by atoms with Crippen LogP contribution in [0.2, 0.25) is 0 Å². The zero-order valence-corrected chi connectivity index (χ0v) is 32.2. The monoisotopic (exact) mass is 758 g/mol. The fraction of sp³-hybridized carbons (Fsp3) is 0. The van der Waals surface area contributed by atoms with Gasteiger partial charge in [-0.2, -0.15) is 0 Å². The first-order valence-electron chi connectivity index (χ1n) is 19.7. The predicted molar refractivity (Wildman–Crippen MR) is 247 cm³/mol. The highest BCUT2D eigenvalue weighted by Crippen LogP contribution is 2.46. The van der Waals surface area contributed by atoms with Crippen molar-refractivity contribution < 1.29 is 4.42 Å². The average Bonchev–Trinajstić information content (AvgIpc) is 3.97. The normalized spacial score (nSPS) is 11.8. The van der Waals surface area contributed by atoms with E-state index in [0.717, 1.165) is 61.4 Å². The number of benzene rings is 9. The molecule has 3 nitrogen and oxygen atoms in total. The predicted octanol–water partition coefficient (Wildman–Crippen LogP) is 15.9. The Bertz CT molecular complexity index is 3520. The van der Waals surface area contributed by atoms with Crippen LogP contribution in [0.5, 0.6) is 0 Å². The summed E-state index contributed by atoms with van der Waals surface area (Å²) in [6.07, 6.45) is 0. The van der Waals surface area contributed by atoms with Gasteiger partial charge in [-0.05, 0) is 83.4 Å². The maximum atomic E-state index is 6.45. The van der Waals surface area contributed by atoms with E-state index in [1.54, 1.807) is 0 Å². The first-order valence-corrected chi connectivity index (χ1v) is 20.5. The van der Waals surface area contributed by atoms with Gasteiger partial charge in [0.05, 0.1) is 21.4 Å². The Kier molecular flexibility index (Phi) is 7.40. The summed E-state index contributed by atoms with van der Waals surface area (Å²) < 4.78 is 11.4. The van der Waals surface area contributed by atoms with E-state index in [-0.39, 0.29) is 0 Å². The van der Waals surface area contributed by atoms with E-state index in [2.05, 4.69) is 204 Å². The van der Waals surface area contributed by atoms with Crippen LogP contribution < -0.4 is 4.90 Å². The molecule has 0 spiro atoms. The van der Waals surface area contributed by atoms with Crippen LogP contribution in [0.4, 0.5) is 17.1 Å². The molecule has 4 heteroatoms. The molecule has 3 heterocycles.